The Labute approximate surface area is 362 Å². The Morgan fingerprint density at radius 2 is 1.27 bits per heavy atom. The number of pyridine rings is 1. The summed E-state index contributed by atoms with van der Waals surface area (Å²) >= 11 is 0. The molecule has 9 aromatic rings. The number of ether oxygens (including phenoxy) is 1. The molecule has 0 unspecified atom stereocenters. The van der Waals surface area contributed by atoms with Gasteiger partial charge in [0.1, 0.15) is 17.3 Å². The van der Waals surface area contributed by atoms with E-state index < -0.39 is 0 Å². The fourth-order valence-corrected chi connectivity index (χ4v) is 7.28. The largest absolute Gasteiger partial charge is 2.00 e. The van der Waals surface area contributed by atoms with Gasteiger partial charge in [0.05, 0.1) is 0 Å². The summed E-state index contributed by atoms with van der Waals surface area (Å²) in [4.78, 5) is 19.9. The van der Waals surface area contributed by atoms with Gasteiger partial charge in [-0.3, -0.25) is 0 Å². The third-order valence-corrected chi connectivity index (χ3v) is 10.3. The number of benzene rings is 6. The molecule has 3 aromatic heterocycles. The standard InChI is InChI=1S/C51H37N7O.Pt/c1-51(2,3)37-24-26-38(27-25-37)56-29-30-57(34-56)39-19-14-20-40(31-39)59-46-33-45-42(41-21-10-11-22-44(41)58(45)47-23-12-13-28-52-47)32-43(46)50-54-48(35-15-6-4-7-16-35)53-49(55-50)36-17-8-5-9-18-36;/h4-30,32H,1-3H3;/q;+2. The van der Waals surface area contributed by atoms with Crippen LogP contribution in [0.25, 0.3) is 61.8 Å². The second kappa shape index (κ2) is 15.9. The van der Waals surface area contributed by atoms with E-state index in [1.54, 1.807) is 6.20 Å². The molecule has 290 valence electrons. The fourth-order valence-electron chi connectivity index (χ4n) is 7.28. The summed E-state index contributed by atoms with van der Waals surface area (Å²) in [5.74, 6) is 3.24. The van der Waals surface area contributed by atoms with Crippen molar-refractivity contribution in [2.45, 2.75) is 26.2 Å². The average Bonchev–Trinajstić information content (AvgIpc) is 3.90. The van der Waals surface area contributed by atoms with Gasteiger partial charge >= 0.3 is 27.1 Å². The predicted molar refractivity (Wildman–Crippen MR) is 232 cm³/mol. The first kappa shape index (κ1) is 38.4. The van der Waals surface area contributed by atoms with Crippen LogP contribution in [0.5, 0.6) is 11.5 Å². The van der Waals surface area contributed by atoms with E-state index in [0.717, 1.165) is 50.1 Å². The van der Waals surface area contributed by atoms with Crippen molar-refractivity contribution in [1.29, 1.82) is 0 Å². The van der Waals surface area contributed by atoms with E-state index in [1.807, 2.05) is 131 Å². The molecule has 0 bridgehead atoms. The van der Waals surface area contributed by atoms with Crippen LogP contribution in [0.3, 0.4) is 0 Å². The molecule has 1 aliphatic rings. The quantitative estimate of drug-likeness (QED) is 0.112. The molecule has 0 atom stereocenters. The number of aromatic nitrogens is 5. The summed E-state index contributed by atoms with van der Waals surface area (Å²) in [6, 6.07) is 61.2. The predicted octanol–water partition coefficient (Wildman–Crippen LogP) is 11.7. The third kappa shape index (κ3) is 7.39. The maximum Gasteiger partial charge on any atom is 2.00 e. The summed E-state index contributed by atoms with van der Waals surface area (Å²) in [5.41, 5.74) is 7.32. The molecule has 4 heterocycles. The van der Waals surface area contributed by atoms with Gasteiger partial charge in [0.25, 0.3) is 12.4 Å². The Balaban J connectivity index is 0.00000462. The first-order valence-corrected chi connectivity index (χ1v) is 19.5. The van der Waals surface area contributed by atoms with E-state index >= 15 is 0 Å². The number of rotatable bonds is 8. The van der Waals surface area contributed by atoms with Crippen LogP contribution in [0.1, 0.15) is 26.3 Å². The van der Waals surface area contributed by atoms with Crippen LogP contribution in [0.2, 0.25) is 0 Å². The van der Waals surface area contributed by atoms with Crippen molar-refractivity contribution in [3.63, 3.8) is 0 Å². The van der Waals surface area contributed by atoms with Crippen molar-refractivity contribution >= 4 is 39.2 Å². The fraction of sp³-hybridized carbons (Fsp3) is 0.0784. The SMILES string of the molecule is CC(C)(C)c1ccc([N+]2=C=[N+](c3[c-]c(Oc4[c-]c5c(cc4-c4nc(-c6ccccc6)nc(-c6ccccc6)n4)c4ccccc4n5-c4ccccn4)ccc3)C=C2)cc1.[Pt+2]. The van der Waals surface area contributed by atoms with Gasteiger partial charge in [-0.2, -0.15) is 6.07 Å². The van der Waals surface area contributed by atoms with Crippen molar-refractivity contribution < 1.29 is 35.0 Å². The Bertz CT molecular complexity index is 3070. The van der Waals surface area contributed by atoms with Crippen LogP contribution in [0.15, 0.2) is 170 Å². The zero-order chi connectivity index (χ0) is 39.9. The molecule has 0 aliphatic carbocycles. The number of para-hydroxylation sites is 1. The number of nitrogens with zero attached hydrogens (tertiary/aromatic N) is 7. The summed E-state index contributed by atoms with van der Waals surface area (Å²) in [6.07, 6.45) is 5.74. The van der Waals surface area contributed by atoms with Gasteiger partial charge in [-0.05, 0) is 40.1 Å². The zero-order valence-electron chi connectivity index (χ0n) is 33.0. The summed E-state index contributed by atoms with van der Waals surface area (Å²) in [7, 11) is 0. The van der Waals surface area contributed by atoms with Crippen LogP contribution in [0, 0.1) is 12.1 Å². The van der Waals surface area contributed by atoms with Crippen molar-refractivity contribution in [1.82, 2.24) is 24.5 Å². The van der Waals surface area contributed by atoms with Crippen molar-refractivity contribution in [3.8, 4) is 51.5 Å². The number of fused-ring (bicyclic) bond motifs is 3. The molecule has 0 saturated heterocycles. The Hall–Kier alpha value is -7.11. The molecule has 60 heavy (non-hydrogen) atoms. The van der Waals surface area contributed by atoms with Gasteiger partial charge in [0.15, 0.2) is 11.6 Å². The minimum atomic E-state index is 0. The van der Waals surface area contributed by atoms with E-state index in [2.05, 4.69) is 85.9 Å². The summed E-state index contributed by atoms with van der Waals surface area (Å²) < 4.78 is 12.9. The summed E-state index contributed by atoms with van der Waals surface area (Å²) in [5, 5.41) is 1.99. The van der Waals surface area contributed by atoms with Crippen molar-refractivity contribution in [2.24, 2.45) is 0 Å². The average molecular weight is 959 g/mol. The number of hydrogen-bond donors (Lipinski definition) is 0. The van der Waals surface area contributed by atoms with Gasteiger partial charge in [-0.1, -0.05) is 145 Å². The third-order valence-electron chi connectivity index (χ3n) is 10.3. The smallest absolute Gasteiger partial charge is 0.508 e. The maximum absolute atomic E-state index is 6.87. The first-order chi connectivity index (χ1) is 28.9. The Kier molecular flexibility index (Phi) is 10.2. The van der Waals surface area contributed by atoms with Gasteiger partial charge in [-0.15, -0.1) is 23.6 Å². The zero-order valence-corrected chi connectivity index (χ0v) is 35.3. The number of hydrogen-bond acceptors (Lipinski definition) is 5. The molecule has 8 nitrogen and oxygen atoms in total. The van der Waals surface area contributed by atoms with Crippen molar-refractivity contribution in [2.75, 3.05) is 0 Å². The molecule has 0 N–H and O–H groups in total. The minimum Gasteiger partial charge on any atom is -0.508 e. The minimum absolute atomic E-state index is 0. The Morgan fingerprint density at radius 1 is 0.617 bits per heavy atom. The van der Waals surface area contributed by atoms with Crippen LogP contribution < -0.4 is 4.74 Å². The van der Waals surface area contributed by atoms with Gasteiger partial charge in [-0.25, -0.2) is 19.9 Å². The van der Waals surface area contributed by atoms with E-state index in [1.165, 1.54) is 5.56 Å². The maximum atomic E-state index is 6.87. The van der Waals surface area contributed by atoms with E-state index in [9.17, 15) is 0 Å². The summed E-state index contributed by atoms with van der Waals surface area (Å²) in [6.45, 7) is 6.65. The van der Waals surface area contributed by atoms with Gasteiger partial charge in [0, 0.05) is 46.5 Å². The second-order valence-electron chi connectivity index (χ2n) is 15.3. The molecule has 10 rings (SSSR count). The molecule has 0 radical (unpaired) electrons. The van der Waals surface area contributed by atoms with Crippen molar-refractivity contribution in [3.05, 3.63) is 188 Å². The Morgan fingerprint density at radius 3 is 1.95 bits per heavy atom. The van der Waals surface area contributed by atoms with Crippen LogP contribution in [0.4, 0.5) is 11.4 Å². The van der Waals surface area contributed by atoms with Gasteiger partial charge in [0.2, 0.25) is 5.69 Å². The molecule has 0 fully saturated rings. The van der Waals surface area contributed by atoms with Crippen LogP contribution in [-0.4, -0.2) is 39.7 Å². The first-order valence-electron chi connectivity index (χ1n) is 19.5. The van der Waals surface area contributed by atoms with Crippen LogP contribution in [-0.2, 0) is 26.5 Å². The molecular weight excluding hydrogens is 922 g/mol. The normalized spacial score (nSPS) is 12.3. The molecule has 6 aromatic carbocycles. The molecule has 0 spiro atoms. The van der Waals surface area contributed by atoms with E-state index in [-0.39, 0.29) is 26.5 Å². The molecule has 9 heteroatoms. The van der Waals surface area contributed by atoms with E-state index in [0.29, 0.717) is 34.5 Å². The second-order valence-corrected chi connectivity index (χ2v) is 15.3. The topological polar surface area (TPSA) is 71.7 Å². The molecular formula is C51H37N7OPt+2. The monoisotopic (exact) mass is 958 g/mol. The molecule has 0 saturated carbocycles. The van der Waals surface area contributed by atoms with Gasteiger partial charge < -0.3 is 9.30 Å². The van der Waals surface area contributed by atoms with E-state index in [4.69, 9.17) is 24.7 Å². The molecule has 1 aliphatic heterocycles. The van der Waals surface area contributed by atoms with Crippen LogP contribution >= 0.6 is 0 Å². The molecule has 0 amide bonds.